The van der Waals surface area contributed by atoms with E-state index in [1.165, 1.54) is 6.08 Å². The molecule has 0 unspecified atom stereocenters. The Kier molecular flexibility index (Phi) is 5.99. The van der Waals surface area contributed by atoms with Crippen molar-refractivity contribution in [2.45, 2.75) is 13.8 Å². The predicted molar refractivity (Wildman–Crippen MR) is 106 cm³/mol. The zero-order chi connectivity index (χ0) is 20.3. The molecule has 28 heavy (non-hydrogen) atoms. The number of carbonyl (C=O) groups excluding carboxylic acids is 3. The second-order valence-corrected chi connectivity index (χ2v) is 7.22. The van der Waals surface area contributed by atoms with Gasteiger partial charge in [0.15, 0.2) is 0 Å². The normalized spacial score (nSPS) is 17.4. The Morgan fingerprint density at radius 1 is 1.11 bits per heavy atom. The van der Waals surface area contributed by atoms with Crippen LogP contribution in [0.3, 0.4) is 0 Å². The number of rotatable bonds is 6. The summed E-state index contributed by atoms with van der Waals surface area (Å²) >= 11 is 0. The molecule has 2 aliphatic rings. The smallest absolute Gasteiger partial charge is 0.277 e. The number of nitrogens with zero attached hydrogens (tertiary/aromatic N) is 3. The maximum Gasteiger partial charge on any atom is 0.277 e. The van der Waals surface area contributed by atoms with E-state index in [1.807, 2.05) is 43.0 Å². The zero-order valence-corrected chi connectivity index (χ0v) is 16.2. The lowest BCUT2D eigenvalue weighted by atomic mass is 10.1. The lowest BCUT2D eigenvalue weighted by molar-refractivity contribution is -0.138. The highest BCUT2D eigenvalue weighted by atomic mass is 16.3. The molecule has 1 saturated heterocycles. The minimum Gasteiger partial charge on any atom is -0.395 e. The van der Waals surface area contributed by atoms with E-state index in [0.717, 1.165) is 23.7 Å². The lowest BCUT2D eigenvalue weighted by Gasteiger charge is -2.37. The molecule has 1 aromatic carbocycles. The highest BCUT2D eigenvalue weighted by Gasteiger charge is 2.30. The first-order valence-corrected chi connectivity index (χ1v) is 9.50. The number of piperazine rings is 1. The standard InChI is InChI=1S/C20H26N4O4/c1-14(2)19(27)23-9-7-22(8-10-23)16-5-3-15(4-6-16)21-17-13-18(26)24(11-12-25)20(17)28/h3-6,13-14,21,25H,7-12H2,1-2H3. The number of benzene rings is 1. The van der Waals surface area contributed by atoms with Crippen LogP contribution in [-0.4, -0.2) is 72.0 Å². The molecule has 8 heteroatoms. The van der Waals surface area contributed by atoms with Gasteiger partial charge in [-0.2, -0.15) is 0 Å². The van der Waals surface area contributed by atoms with Crippen molar-refractivity contribution in [2.24, 2.45) is 5.92 Å². The SMILES string of the molecule is CC(C)C(=O)N1CCN(c2ccc(NC3=CC(=O)N(CCO)C3=O)cc2)CC1. The molecule has 150 valence electrons. The topological polar surface area (TPSA) is 93.2 Å². The second kappa shape index (κ2) is 8.43. The van der Waals surface area contributed by atoms with Crippen LogP contribution in [0.1, 0.15) is 13.8 Å². The fraction of sp³-hybridized carbons (Fsp3) is 0.450. The molecular formula is C20H26N4O4. The van der Waals surface area contributed by atoms with Crippen molar-refractivity contribution in [1.29, 1.82) is 0 Å². The van der Waals surface area contributed by atoms with Gasteiger partial charge in [-0.05, 0) is 24.3 Å². The van der Waals surface area contributed by atoms with Gasteiger partial charge in [-0.25, -0.2) is 0 Å². The van der Waals surface area contributed by atoms with E-state index in [-0.39, 0.29) is 30.7 Å². The predicted octanol–water partition coefficient (Wildman–Crippen LogP) is 0.648. The number of aliphatic hydroxyl groups is 1. The number of hydrogen-bond donors (Lipinski definition) is 2. The van der Waals surface area contributed by atoms with Crippen LogP contribution in [-0.2, 0) is 14.4 Å². The molecular weight excluding hydrogens is 360 g/mol. The first-order valence-electron chi connectivity index (χ1n) is 9.50. The Morgan fingerprint density at radius 2 is 1.75 bits per heavy atom. The summed E-state index contributed by atoms with van der Waals surface area (Å²) in [6.45, 7) is 6.54. The van der Waals surface area contributed by atoms with E-state index >= 15 is 0 Å². The minimum atomic E-state index is -0.436. The van der Waals surface area contributed by atoms with Gasteiger partial charge >= 0.3 is 0 Å². The minimum absolute atomic E-state index is 0.0103. The molecule has 3 amide bonds. The van der Waals surface area contributed by atoms with Crippen molar-refractivity contribution in [3.05, 3.63) is 36.0 Å². The molecule has 0 bridgehead atoms. The summed E-state index contributed by atoms with van der Waals surface area (Å²) in [5.41, 5.74) is 1.95. The van der Waals surface area contributed by atoms with E-state index < -0.39 is 11.8 Å². The van der Waals surface area contributed by atoms with Gasteiger partial charge in [0.05, 0.1) is 13.2 Å². The second-order valence-electron chi connectivity index (χ2n) is 7.22. The van der Waals surface area contributed by atoms with Crippen LogP contribution in [0.5, 0.6) is 0 Å². The molecule has 0 atom stereocenters. The molecule has 0 radical (unpaired) electrons. The maximum atomic E-state index is 12.2. The van der Waals surface area contributed by atoms with E-state index in [9.17, 15) is 14.4 Å². The number of carbonyl (C=O) groups is 3. The maximum absolute atomic E-state index is 12.2. The molecule has 2 aliphatic heterocycles. The van der Waals surface area contributed by atoms with Crippen molar-refractivity contribution in [3.8, 4) is 0 Å². The third kappa shape index (κ3) is 4.17. The van der Waals surface area contributed by atoms with Gasteiger partial charge < -0.3 is 20.2 Å². The summed E-state index contributed by atoms with van der Waals surface area (Å²) in [5, 5.41) is 11.9. The Labute approximate surface area is 164 Å². The summed E-state index contributed by atoms with van der Waals surface area (Å²) in [7, 11) is 0. The van der Waals surface area contributed by atoms with Crippen LogP contribution in [0.15, 0.2) is 36.0 Å². The summed E-state index contributed by atoms with van der Waals surface area (Å²) in [6.07, 6.45) is 1.25. The number of nitrogens with one attached hydrogen (secondary N) is 1. The van der Waals surface area contributed by atoms with Crippen LogP contribution in [0, 0.1) is 5.92 Å². The van der Waals surface area contributed by atoms with Crippen molar-refractivity contribution in [3.63, 3.8) is 0 Å². The molecule has 0 spiro atoms. The quantitative estimate of drug-likeness (QED) is 0.698. The number of aliphatic hydroxyl groups excluding tert-OH is 1. The Hall–Kier alpha value is -2.87. The van der Waals surface area contributed by atoms with Gasteiger partial charge in [0.1, 0.15) is 5.70 Å². The Bertz CT molecular complexity index is 780. The van der Waals surface area contributed by atoms with Crippen LogP contribution in [0.25, 0.3) is 0 Å². The van der Waals surface area contributed by atoms with Crippen LogP contribution in [0.2, 0.25) is 0 Å². The third-order valence-corrected chi connectivity index (χ3v) is 4.93. The molecule has 0 saturated carbocycles. The molecule has 3 rings (SSSR count). The first kappa shape index (κ1) is 19.9. The van der Waals surface area contributed by atoms with Gasteiger partial charge in [-0.1, -0.05) is 13.8 Å². The number of hydrogen-bond acceptors (Lipinski definition) is 6. The van der Waals surface area contributed by atoms with Gasteiger partial charge in [-0.3, -0.25) is 19.3 Å². The Morgan fingerprint density at radius 3 is 2.32 bits per heavy atom. The first-order chi connectivity index (χ1) is 13.4. The van der Waals surface area contributed by atoms with E-state index in [2.05, 4.69) is 10.2 Å². The van der Waals surface area contributed by atoms with Crippen LogP contribution in [0.4, 0.5) is 11.4 Å². The number of anilines is 2. The van der Waals surface area contributed by atoms with Crippen molar-refractivity contribution in [1.82, 2.24) is 9.80 Å². The molecule has 1 fully saturated rings. The number of imide groups is 1. The third-order valence-electron chi connectivity index (χ3n) is 4.93. The molecule has 2 N–H and O–H groups in total. The summed E-state index contributed by atoms with van der Waals surface area (Å²) < 4.78 is 0. The average Bonchev–Trinajstić information content (AvgIpc) is 2.96. The van der Waals surface area contributed by atoms with Crippen molar-refractivity contribution < 1.29 is 19.5 Å². The van der Waals surface area contributed by atoms with Gasteiger partial charge in [0.25, 0.3) is 11.8 Å². The lowest BCUT2D eigenvalue weighted by Crippen LogP contribution is -2.49. The molecule has 1 aromatic rings. The highest BCUT2D eigenvalue weighted by Crippen LogP contribution is 2.22. The summed E-state index contributed by atoms with van der Waals surface area (Å²) in [6, 6.07) is 7.62. The zero-order valence-electron chi connectivity index (χ0n) is 16.2. The van der Waals surface area contributed by atoms with Crippen LogP contribution >= 0.6 is 0 Å². The Balaban J connectivity index is 1.58. The number of amides is 3. The number of β-amino-alcohol motifs (C(OH)–C–C–N with tert-alkyl or cyclic N) is 1. The van der Waals surface area contributed by atoms with Crippen molar-refractivity contribution in [2.75, 3.05) is 49.5 Å². The van der Waals surface area contributed by atoms with Gasteiger partial charge in [-0.15, -0.1) is 0 Å². The van der Waals surface area contributed by atoms with E-state index in [1.54, 1.807) is 0 Å². The summed E-state index contributed by atoms with van der Waals surface area (Å²) in [4.78, 5) is 41.2. The summed E-state index contributed by atoms with van der Waals surface area (Å²) in [5.74, 6) is -0.649. The van der Waals surface area contributed by atoms with E-state index in [4.69, 9.17) is 5.11 Å². The fourth-order valence-corrected chi connectivity index (χ4v) is 3.37. The molecule has 0 aliphatic carbocycles. The van der Waals surface area contributed by atoms with Crippen LogP contribution < -0.4 is 10.2 Å². The van der Waals surface area contributed by atoms with E-state index in [0.29, 0.717) is 18.8 Å². The monoisotopic (exact) mass is 386 g/mol. The average molecular weight is 386 g/mol. The molecule has 2 heterocycles. The van der Waals surface area contributed by atoms with Gasteiger partial charge in [0.2, 0.25) is 5.91 Å². The largest absolute Gasteiger partial charge is 0.395 e. The van der Waals surface area contributed by atoms with Crippen molar-refractivity contribution >= 4 is 29.1 Å². The fourth-order valence-electron chi connectivity index (χ4n) is 3.37. The van der Waals surface area contributed by atoms with Gasteiger partial charge in [0, 0.05) is 49.5 Å². The molecule has 8 nitrogen and oxygen atoms in total. The highest BCUT2D eigenvalue weighted by molar-refractivity contribution is 6.17. The molecule has 0 aromatic heterocycles.